The van der Waals surface area contributed by atoms with E-state index in [4.69, 9.17) is 4.74 Å². The minimum atomic E-state index is -0.262. The molecular weight excluding hydrogens is 424 g/mol. The number of ether oxygens (including phenoxy) is 1. The third kappa shape index (κ3) is 4.49. The van der Waals surface area contributed by atoms with E-state index in [-0.39, 0.29) is 18.1 Å². The highest BCUT2D eigenvalue weighted by Gasteiger charge is 2.11. The first-order valence-corrected chi connectivity index (χ1v) is 10.8. The van der Waals surface area contributed by atoms with E-state index in [0.717, 1.165) is 21.0 Å². The fourth-order valence-corrected chi connectivity index (χ4v) is 4.20. The number of ketones is 1. The van der Waals surface area contributed by atoms with Crippen molar-refractivity contribution in [1.82, 2.24) is 9.55 Å². The highest BCUT2D eigenvalue weighted by Crippen LogP contribution is 2.26. The van der Waals surface area contributed by atoms with Crippen LogP contribution in [-0.2, 0) is 6.61 Å². The molecule has 7 heteroatoms. The lowest BCUT2D eigenvalue weighted by molar-refractivity contribution is 0.104. The van der Waals surface area contributed by atoms with Gasteiger partial charge in [-0.3, -0.25) is 9.36 Å². The van der Waals surface area contributed by atoms with Crippen LogP contribution in [0.1, 0.15) is 26.4 Å². The number of aromatic amines is 1. The standard InChI is InChI=1S/C25H22N2O4S/c1-16-6-11-24(32-16)21-14-27(25(30)26-21)20-5-3-4-18(13-20)22(29)10-8-17-7-9-19(15-28)23(12-17)31-2/h3-14,28H,15H2,1-2H3,(H,26,30)/b10-8+. The average Bonchev–Trinajstić information content (AvgIpc) is 3.42. The Hall–Kier alpha value is -3.68. The summed E-state index contributed by atoms with van der Waals surface area (Å²) in [6, 6.07) is 16.3. The molecule has 32 heavy (non-hydrogen) atoms. The number of hydrogen-bond donors (Lipinski definition) is 2. The maximum Gasteiger partial charge on any atom is 0.330 e. The van der Waals surface area contributed by atoms with Crippen molar-refractivity contribution in [2.24, 2.45) is 0 Å². The van der Waals surface area contributed by atoms with Crippen molar-refractivity contribution in [2.45, 2.75) is 13.5 Å². The summed E-state index contributed by atoms with van der Waals surface area (Å²) < 4.78 is 6.77. The van der Waals surface area contributed by atoms with Gasteiger partial charge in [0.1, 0.15) is 5.75 Å². The van der Waals surface area contributed by atoms with Crippen molar-refractivity contribution in [2.75, 3.05) is 7.11 Å². The molecule has 0 fully saturated rings. The fourth-order valence-electron chi connectivity index (χ4n) is 3.36. The molecule has 0 radical (unpaired) electrons. The second-order valence-corrected chi connectivity index (χ2v) is 8.52. The van der Waals surface area contributed by atoms with Crippen LogP contribution in [0.3, 0.4) is 0 Å². The number of aliphatic hydroxyl groups excluding tert-OH is 1. The Labute approximate surface area is 189 Å². The molecule has 0 bridgehead atoms. The third-order valence-electron chi connectivity index (χ3n) is 5.04. The SMILES string of the molecule is COc1cc(/C=C/C(=O)c2cccc(-n3cc(-c4ccc(C)s4)[nH]c3=O)c2)ccc1CO. The van der Waals surface area contributed by atoms with Crippen LogP contribution in [0.4, 0.5) is 0 Å². The molecule has 162 valence electrons. The second-order valence-electron chi connectivity index (χ2n) is 7.23. The lowest BCUT2D eigenvalue weighted by atomic mass is 10.1. The van der Waals surface area contributed by atoms with Gasteiger partial charge in [0.2, 0.25) is 0 Å². The van der Waals surface area contributed by atoms with E-state index in [0.29, 0.717) is 22.6 Å². The van der Waals surface area contributed by atoms with Gasteiger partial charge >= 0.3 is 5.69 Å². The smallest absolute Gasteiger partial charge is 0.330 e. The highest BCUT2D eigenvalue weighted by molar-refractivity contribution is 7.15. The van der Waals surface area contributed by atoms with Crippen LogP contribution < -0.4 is 10.4 Å². The summed E-state index contributed by atoms with van der Waals surface area (Å²) in [6.45, 7) is 1.90. The van der Waals surface area contributed by atoms with Gasteiger partial charge in [-0.15, -0.1) is 11.3 Å². The monoisotopic (exact) mass is 446 g/mol. The van der Waals surface area contributed by atoms with Crippen molar-refractivity contribution in [1.29, 1.82) is 0 Å². The molecule has 0 aliphatic carbocycles. The highest BCUT2D eigenvalue weighted by atomic mass is 32.1. The molecule has 2 aromatic carbocycles. The van der Waals surface area contributed by atoms with E-state index in [1.165, 1.54) is 17.8 Å². The Kier molecular flexibility index (Phi) is 6.20. The van der Waals surface area contributed by atoms with E-state index < -0.39 is 0 Å². The van der Waals surface area contributed by atoms with Crippen LogP contribution in [-0.4, -0.2) is 27.6 Å². The molecule has 0 atom stereocenters. The molecule has 4 aromatic rings. The zero-order chi connectivity index (χ0) is 22.7. The quantitative estimate of drug-likeness (QED) is 0.321. The van der Waals surface area contributed by atoms with Crippen molar-refractivity contribution in [3.8, 4) is 22.0 Å². The molecule has 0 spiro atoms. The van der Waals surface area contributed by atoms with Crippen LogP contribution in [0, 0.1) is 6.92 Å². The number of H-pyrrole nitrogens is 1. The molecule has 0 unspecified atom stereocenters. The van der Waals surface area contributed by atoms with Crippen LogP contribution in [0.25, 0.3) is 22.3 Å². The van der Waals surface area contributed by atoms with E-state index in [1.54, 1.807) is 60.0 Å². The van der Waals surface area contributed by atoms with Crippen molar-refractivity contribution in [3.63, 3.8) is 0 Å². The summed E-state index contributed by atoms with van der Waals surface area (Å²) in [7, 11) is 1.53. The average molecular weight is 447 g/mol. The Balaban J connectivity index is 1.58. The summed E-state index contributed by atoms with van der Waals surface area (Å²) >= 11 is 1.61. The van der Waals surface area contributed by atoms with E-state index >= 15 is 0 Å². The molecule has 0 amide bonds. The number of carbonyl (C=O) groups is 1. The number of rotatable bonds is 7. The maximum atomic E-state index is 12.7. The molecule has 6 nitrogen and oxygen atoms in total. The summed E-state index contributed by atoms with van der Waals surface area (Å²) in [6.07, 6.45) is 4.92. The number of hydrogen-bond acceptors (Lipinski definition) is 5. The summed E-state index contributed by atoms with van der Waals surface area (Å²) in [5, 5.41) is 9.34. The van der Waals surface area contributed by atoms with Gasteiger partial charge < -0.3 is 14.8 Å². The number of thiophene rings is 1. The molecule has 2 N–H and O–H groups in total. The lowest BCUT2D eigenvalue weighted by Gasteiger charge is -2.06. The number of imidazole rings is 1. The van der Waals surface area contributed by atoms with Crippen LogP contribution in [0.2, 0.25) is 0 Å². The fraction of sp³-hybridized carbons (Fsp3) is 0.120. The second kappa shape index (κ2) is 9.21. The van der Waals surface area contributed by atoms with E-state index in [1.807, 2.05) is 25.1 Å². The number of aliphatic hydroxyl groups is 1. The zero-order valence-electron chi connectivity index (χ0n) is 17.7. The molecule has 0 saturated heterocycles. The number of nitrogens with one attached hydrogen (secondary N) is 1. The molecule has 0 aliphatic rings. The first-order chi connectivity index (χ1) is 15.5. The number of benzene rings is 2. The zero-order valence-corrected chi connectivity index (χ0v) is 18.5. The van der Waals surface area contributed by atoms with Crippen molar-refractivity contribution < 1.29 is 14.6 Å². The Bertz CT molecular complexity index is 1360. The largest absolute Gasteiger partial charge is 0.496 e. The van der Waals surface area contributed by atoms with Crippen LogP contribution in [0.15, 0.2) is 71.7 Å². The molecule has 4 rings (SSSR count). The molecular formula is C25H22N2O4S. The van der Waals surface area contributed by atoms with Gasteiger partial charge in [-0.2, -0.15) is 0 Å². The van der Waals surface area contributed by atoms with Gasteiger partial charge in [-0.1, -0.05) is 30.3 Å². The number of nitrogens with zero attached hydrogens (tertiary/aromatic N) is 1. The molecule has 2 aromatic heterocycles. The van der Waals surface area contributed by atoms with Crippen molar-refractivity contribution >= 4 is 23.2 Å². The van der Waals surface area contributed by atoms with Gasteiger partial charge in [0.05, 0.1) is 30.0 Å². The van der Waals surface area contributed by atoms with E-state index in [2.05, 4.69) is 4.98 Å². The van der Waals surface area contributed by atoms with Gasteiger partial charge in [-0.25, -0.2) is 4.79 Å². The van der Waals surface area contributed by atoms with Gasteiger partial charge in [0.15, 0.2) is 5.78 Å². The number of aromatic nitrogens is 2. The lowest BCUT2D eigenvalue weighted by Crippen LogP contribution is -2.14. The predicted octanol–water partition coefficient (Wildman–Crippen LogP) is 4.60. The Morgan fingerprint density at radius 2 is 2.03 bits per heavy atom. The number of aryl methyl sites for hydroxylation is 1. The Morgan fingerprint density at radius 1 is 1.19 bits per heavy atom. The first kappa shape index (κ1) is 21.5. The molecule has 2 heterocycles. The maximum absolute atomic E-state index is 12.7. The number of allylic oxidation sites excluding steroid dienone is 1. The minimum Gasteiger partial charge on any atom is -0.496 e. The third-order valence-corrected chi connectivity index (χ3v) is 6.08. The topological polar surface area (TPSA) is 84.3 Å². The molecule has 0 saturated carbocycles. The predicted molar refractivity (Wildman–Crippen MR) is 127 cm³/mol. The summed E-state index contributed by atoms with van der Waals surface area (Å²) in [5.41, 5.74) is 3.02. The Morgan fingerprint density at radius 3 is 2.75 bits per heavy atom. The number of methoxy groups -OCH3 is 1. The van der Waals surface area contributed by atoms with Crippen LogP contribution in [0.5, 0.6) is 5.75 Å². The van der Waals surface area contributed by atoms with Crippen LogP contribution >= 0.6 is 11.3 Å². The minimum absolute atomic E-state index is 0.120. The normalized spacial score (nSPS) is 11.2. The van der Waals surface area contributed by atoms with Gasteiger partial charge in [0, 0.05) is 22.2 Å². The van der Waals surface area contributed by atoms with Crippen molar-refractivity contribution in [3.05, 3.63) is 98.9 Å². The van der Waals surface area contributed by atoms with E-state index in [9.17, 15) is 14.7 Å². The first-order valence-electron chi connectivity index (χ1n) is 9.97. The van der Waals surface area contributed by atoms with Gasteiger partial charge in [-0.05, 0) is 48.9 Å². The van der Waals surface area contributed by atoms with Gasteiger partial charge in [0.25, 0.3) is 0 Å². The number of carbonyl (C=O) groups excluding carboxylic acids is 1. The molecule has 0 aliphatic heterocycles. The summed E-state index contributed by atoms with van der Waals surface area (Å²) in [5.74, 6) is 0.377. The summed E-state index contributed by atoms with van der Waals surface area (Å²) in [4.78, 5) is 30.3.